The first-order valence-corrected chi connectivity index (χ1v) is 9.21. The largest absolute Gasteiger partial charge is 0.489 e. The third-order valence-corrected chi connectivity index (χ3v) is 5.13. The number of hydrogen-bond donors (Lipinski definition) is 1. The van der Waals surface area contributed by atoms with Crippen molar-refractivity contribution in [1.29, 1.82) is 0 Å². The van der Waals surface area contributed by atoms with Gasteiger partial charge in [0.25, 0.3) is 10.0 Å². The molecular formula is C16H14ClF4NO4S. The summed E-state index contributed by atoms with van der Waals surface area (Å²) in [5, 5.41) is -0.294. The molecule has 0 aromatic heterocycles. The van der Waals surface area contributed by atoms with Crippen LogP contribution < -0.4 is 9.46 Å². The first kappa shape index (κ1) is 21.3. The summed E-state index contributed by atoms with van der Waals surface area (Å²) in [6.07, 6.45) is -4.71. The molecule has 148 valence electrons. The molecule has 11 heteroatoms. The van der Waals surface area contributed by atoms with Gasteiger partial charge in [0.15, 0.2) is 0 Å². The Morgan fingerprint density at radius 3 is 2.44 bits per heavy atom. The molecule has 2 aromatic rings. The quantitative estimate of drug-likeness (QED) is 0.528. The minimum atomic E-state index is -4.71. The summed E-state index contributed by atoms with van der Waals surface area (Å²) in [7, 11) is -3.09. The van der Waals surface area contributed by atoms with Gasteiger partial charge in [0.05, 0.1) is 22.9 Å². The van der Waals surface area contributed by atoms with Crippen molar-refractivity contribution in [2.75, 3.05) is 25.0 Å². The van der Waals surface area contributed by atoms with Crippen LogP contribution >= 0.6 is 11.6 Å². The van der Waals surface area contributed by atoms with E-state index in [9.17, 15) is 26.0 Å². The van der Waals surface area contributed by atoms with E-state index in [1.54, 1.807) is 0 Å². The fourth-order valence-electron chi connectivity index (χ4n) is 2.03. The van der Waals surface area contributed by atoms with Gasteiger partial charge in [-0.3, -0.25) is 4.72 Å². The minimum absolute atomic E-state index is 0.0304. The van der Waals surface area contributed by atoms with Crippen molar-refractivity contribution in [3.05, 3.63) is 52.8 Å². The van der Waals surface area contributed by atoms with Crippen LogP contribution in [-0.2, 0) is 20.9 Å². The van der Waals surface area contributed by atoms with Crippen LogP contribution in [0.4, 0.5) is 23.2 Å². The summed E-state index contributed by atoms with van der Waals surface area (Å²) in [5.41, 5.74) is -1.56. The summed E-state index contributed by atoms with van der Waals surface area (Å²) in [6.45, 7) is 0.0975. The third kappa shape index (κ3) is 5.47. The maximum Gasteiger partial charge on any atom is 0.416 e. The van der Waals surface area contributed by atoms with E-state index in [2.05, 4.69) is 0 Å². The standard InChI is InChI=1S/C16H14ClF4NO4S/c1-25-6-7-26-14-5-2-10(16(19,20)21)8-13(14)22-27(23,24)15-9-11(18)3-4-12(15)17/h2-5,8-9,22H,6-7H2,1H3. The van der Waals surface area contributed by atoms with Crippen LogP contribution in [0.5, 0.6) is 5.75 Å². The van der Waals surface area contributed by atoms with Gasteiger partial charge in [0, 0.05) is 7.11 Å². The van der Waals surface area contributed by atoms with E-state index in [0.29, 0.717) is 12.1 Å². The highest BCUT2D eigenvalue weighted by atomic mass is 35.5. The van der Waals surface area contributed by atoms with Crippen LogP contribution in [0.25, 0.3) is 0 Å². The Morgan fingerprint density at radius 2 is 1.81 bits per heavy atom. The molecule has 0 aliphatic rings. The van der Waals surface area contributed by atoms with Gasteiger partial charge in [-0.2, -0.15) is 13.2 Å². The monoisotopic (exact) mass is 427 g/mol. The lowest BCUT2D eigenvalue weighted by Gasteiger charge is -2.16. The van der Waals surface area contributed by atoms with Crippen molar-refractivity contribution >= 4 is 27.3 Å². The number of sulfonamides is 1. The molecule has 0 bridgehead atoms. The Labute approximate surface area is 157 Å². The molecule has 0 atom stereocenters. The zero-order valence-electron chi connectivity index (χ0n) is 13.8. The van der Waals surface area contributed by atoms with Gasteiger partial charge >= 0.3 is 6.18 Å². The molecule has 2 rings (SSSR count). The van der Waals surface area contributed by atoms with Crippen LogP contribution in [0.1, 0.15) is 5.56 Å². The van der Waals surface area contributed by atoms with Gasteiger partial charge in [0.1, 0.15) is 23.1 Å². The number of anilines is 1. The lowest BCUT2D eigenvalue weighted by molar-refractivity contribution is -0.137. The molecule has 1 N–H and O–H groups in total. The van der Waals surface area contributed by atoms with Gasteiger partial charge in [0.2, 0.25) is 0 Å². The van der Waals surface area contributed by atoms with E-state index in [-0.39, 0.29) is 24.0 Å². The van der Waals surface area contributed by atoms with Gasteiger partial charge in [-0.25, -0.2) is 12.8 Å². The molecule has 0 radical (unpaired) electrons. The average Bonchev–Trinajstić information content (AvgIpc) is 2.57. The van der Waals surface area contributed by atoms with Crippen LogP contribution in [0, 0.1) is 5.82 Å². The van der Waals surface area contributed by atoms with E-state index in [1.165, 1.54) is 7.11 Å². The zero-order valence-corrected chi connectivity index (χ0v) is 15.4. The molecule has 0 spiro atoms. The van der Waals surface area contributed by atoms with Crippen molar-refractivity contribution in [3.63, 3.8) is 0 Å². The van der Waals surface area contributed by atoms with Gasteiger partial charge < -0.3 is 9.47 Å². The second kappa shape index (κ2) is 8.32. The first-order valence-electron chi connectivity index (χ1n) is 7.35. The number of rotatable bonds is 7. The highest BCUT2D eigenvalue weighted by molar-refractivity contribution is 7.92. The number of nitrogens with one attached hydrogen (secondary N) is 1. The van der Waals surface area contributed by atoms with E-state index in [0.717, 1.165) is 24.3 Å². The van der Waals surface area contributed by atoms with Crippen molar-refractivity contribution < 1.29 is 35.5 Å². The summed E-state index contributed by atoms with van der Waals surface area (Å²) < 4.78 is 89.3. The van der Waals surface area contributed by atoms with Crippen LogP contribution in [0.3, 0.4) is 0 Å². The highest BCUT2D eigenvalue weighted by Gasteiger charge is 2.32. The molecule has 0 aliphatic carbocycles. The number of alkyl halides is 3. The van der Waals surface area contributed by atoms with E-state index in [4.69, 9.17) is 21.1 Å². The summed E-state index contributed by atoms with van der Waals surface area (Å²) in [5.74, 6) is -1.03. The van der Waals surface area contributed by atoms with E-state index < -0.39 is 38.2 Å². The first-order chi connectivity index (χ1) is 12.5. The molecule has 2 aromatic carbocycles. The molecule has 0 unspecified atom stereocenters. The molecule has 0 saturated heterocycles. The maximum atomic E-state index is 13.4. The smallest absolute Gasteiger partial charge is 0.416 e. The van der Waals surface area contributed by atoms with Crippen molar-refractivity contribution in [2.45, 2.75) is 11.1 Å². The Kier molecular flexibility index (Phi) is 6.55. The molecule has 0 amide bonds. The fourth-order valence-corrected chi connectivity index (χ4v) is 3.60. The molecule has 0 fully saturated rings. The normalized spacial score (nSPS) is 12.1. The number of benzene rings is 2. The van der Waals surface area contributed by atoms with E-state index >= 15 is 0 Å². The van der Waals surface area contributed by atoms with Crippen LogP contribution in [0.2, 0.25) is 5.02 Å². The topological polar surface area (TPSA) is 64.6 Å². The number of halogens is 5. The summed E-state index contributed by atoms with van der Waals surface area (Å²) >= 11 is 5.78. The molecule has 27 heavy (non-hydrogen) atoms. The lowest BCUT2D eigenvalue weighted by Crippen LogP contribution is -2.16. The maximum absolute atomic E-state index is 13.4. The molecule has 0 heterocycles. The molecule has 5 nitrogen and oxygen atoms in total. The molecule has 0 aliphatic heterocycles. The van der Waals surface area contributed by atoms with Gasteiger partial charge in [-0.1, -0.05) is 11.6 Å². The predicted molar refractivity (Wildman–Crippen MR) is 91.0 cm³/mol. The number of hydrogen-bond acceptors (Lipinski definition) is 4. The van der Waals surface area contributed by atoms with Crippen molar-refractivity contribution in [1.82, 2.24) is 0 Å². The second-order valence-corrected chi connectivity index (χ2v) is 7.29. The fraction of sp³-hybridized carbons (Fsp3) is 0.250. The third-order valence-electron chi connectivity index (χ3n) is 3.28. The summed E-state index contributed by atoms with van der Waals surface area (Å²) in [4.78, 5) is -0.621. The lowest BCUT2D eigenvalue weighted by atomic mass is 10.2. The summed E-state index contributed by atoms with van der Waals surface area (Å²) in [6, 6.07) is 4.92. The Bertz CT molecular complexity index is 919. The number of methoxy groups -OCH3 is 1. The SMILES string of the molecule is COCCOc1ccc(C(F)(F)F)cc1NS(=O)(=O)c1cc(F)ccc1Cl. The Morgan fingerprint density at radius 1 is 1.11 bits per heavy atom. The molecule has 0 saturated carbocycles. The predicted octanol–water partition coefficient (Wildman–Crippen LogP) is 4.32. The van der Waals surface area contributed by atoms with Gasteiger partial charge in [-0.15, -0.1) is 0 Å². The Balaban J connectivity index is 2.46. The van der Waals surface area contributed by atoms with Crippen LogP contribution in [-0.4, -0.2) is 28.7 Å². The van der Waals surface area contributed by atoms with Crippen molar-refractivity contribution in [2.24, 2.45) is 0 Å². The highest BCUT2D eigenvalue weighted by Crippen LogP contribution is 2.36. The minimum Gasteiger partial charge on any atom is -0.489 e. The zero-order chi connectivity index (χ0) is 20.2. The second-order valence-electron chi connectivity index (χ2n) is 5.23. The number of ether oxygens (including phenoxy) is 2. The average molecular weight is 428 g/mol. The molecular weight excluding hydrogens is 414 g/mol. The van der Waals surface area contributed by atoms with Crippen molar-refractivity contribution in [3.8, 4) is 5.75 Å². The van der Waals surface area contributed by atoms with Gasteiger partial charge in [-0.05, 0) is 36.4 Å². The van der Waals surface area contributed by atoms with E-state index in [1.807, 2.05) is 4.72 Å². The van der Waals surface area contributed by atoms with Crippen LogP contribution in [0.15, 0.2) is 41.3 Å². The Hall–Kier alpha value is -2.04.